The van der Waals surface area contributed by atoms with Gasteiger partial charge in [0.25, 0.3) is 0 Å². The van der Waals surface area contributed by atoms with Crippen molar-refractivity contribution in [2.45, 2.75) is 32.1 Å². The zero-order valence-corrected chi connectivity index (χ0v) is 23.0. The maximum atomic E-state index is 15.6. The molecule has 0 unspecified atom stereocenters. The van der Waals surface area contributed by atoms with Crippen LogP contribution in [0.15, 0.2) is 60.2 Å². The Morgan fingerprint density at radius 2 is 1.82 bits per heavy atom. The van der Waals surface area contributed by atoms with Gasteiger partial charge in [0.2, 0.25) is 0 Å². The summed E-state index contributed by atoms with van der Waals surface area (Å²) >= 11 is 12.8. The molecule has 1 aliphatic heterocycles. The van der Waals surface area contributed by atoms with E-state index in [1.807, 2.05) is 24.3 Å². The van der Waals surface area contributed by atoms with E-state index in [1.54, 1.807) is 36.4 Å². The Labute approximate surface area is 237 Å². The summed E-state index contributed by atoms with van der Waals surface area (Å²) in [6.45, 7) is 1.97. The molecule has 0 saturated carbocycles. The van der Waals surface area contributed by atoms with Gasteiger partial charge < -0.3 is 5.11 Å². The number of likely N-dealkylation sites (tertiary alicyclic amines) is 1. The van der Waals surface area contributed by atoms with Crippen LogP contribution in [0.5, 0.6) is 0 Å². The molecule has 0 spiro atoms. The third-order valence-corrected chi connectivity index (χ3v) is 8.03. The van der Waals surface area contributed by atoms with E-state index in [2.05, 4.69) is 4.90 Å². The fourth-order valence-electron chi connectivity index (χ4n) is 5.61. The van der Waals surface area contributed by atoms with Gasteiger partial charge in [0.05, 0.1) is 12.2 Å². The first kappa shape index (κ1) is 27.6. The molecule has 0 amide bonds. The Morgan fingerprint density at radius 3 is 2.56 bits per heavy atom. The van der Waals surface area contributed by atoms with Gasteiger partial charge in [-0.15, -0.1) is 0 Å². The minimum absolute atomic E-state index is 0.228. The molecule has 5 rings (SSSR count). The van der Waals surface area contributed by atoms with Crippen LogP contribution in [-0.2, 0) is 6.42 Å². The van der Waals surface area contributed by atoms with Gasteiger partial charge in [0, 0.05) is 35.2 Å². The van der Waals surface area contributed by atoms with Gasteiger partial charge >= 0.3 is 5.97 Å². The van der Waals surface area contributed by atoms with Crippen LogP contribution in [0.1, 0.15) is 63.9 Å². The third-order valence-electron chi connectivity index (χ3n) is 7.49. The molecule has 1 N–H and O–H groups in total. The molecule has 39 heavy (non-hydrogen) atoms. The molecule has 2 aliphatic rings. The number of aromatic carboxylic acids is 1. The molecule has 0 aromatic heterocycles. The van der Waals surface area contributed by atoms with E-state index in [4.69, 9.17) is 23.2 Å². The van der Waals surface area contributed by atoms with Crippen molar-refractivity contribution in [3.8, 4) is 0 Å². The molecule has 1 aliphatic carbocycles. The molecule has 0 atom stereocenters. The molecule has 3 aromatic rings. The summed E-state index contributed by atoms with van der Waals surface area (Å²) < 4.78 is 28.2. The minimum atomic E-state index is -0.979. The minimum Gasteiger partial charge on any atom is -0.478 e. The number of carbonyl (C=O) groups is 1. The molecule has 1 saturated heterocycles. The molecule has 3 aromatic carbocycles. The van der Waals surface area contributed by atoms with Crippen LogP contribution >= 0.6 is 23.2 Å². The van der Waals surface area contributed by atoms with Crippen LogP contribution in [0.25, 0.3) is 17.2 Å². The normalized spacial score (nSPS) is 17.0. The second-order valence-corrected chi connectivity index (χ2v) is 11.0. The average molecular weight is 568 g/mol. The van der Waals surface area contributed by atoms with E-state index in [0.717, 1.165) is 59.3 Å². The van der Waals surface area contributed by atoms with Crippen molar-refractivity contribution >= 4 is 46.4 Å². The van der Waals surface area contributed by atoms with Gasteiger partial charge in [0.15, 0.2) is 0 Å². The Morgan fingerprint density at radius 1 is 1.00 bits per heavy atom. The quantitative estimate of drug-likeness (QED) is 0.311. The number of allylic oxidation sites excluding steroid dienone is 1. The first-order chi connectivity index (χ1) is 18.8. The molecule has 0 bridgehead atoms. The number of fused-ring (bicyclic) bond motifs is 1. The Bertz CT molecular complexity index is 1480. The largest absolute Gasteiger partial charge is 0.478 e. The second-order valence-electron chi connectivity index (χ2n) is 10.1. The second kappa shape index (κ2) is 12.0. The molecular weight excluding hydrogens is 539 g/mol. The van der Waals surface area contributed by atoms with Crippen molar-refractivity contribution in [2.75, 3.05) is 26.3 Å². The number of benzene rings is 3. The van der Waals surface area contributed by atoms with E-state index in [1.165, 1.54) is 0 Å². The summed E-state index contributed by atoms with van der Waals surface area (Å²) in [6.07, 6.45) is 5.44. The van der Waals surface area contributed by atoms with Gasteiger partial charge in [-0.25, -0.2) is 9.18 Å². The van der Waals surface area contributed by atoms with E-state index < -0.39 is 5.97 Å². The number of carboxylic acid groups (broad SMARTS) is 1. The number of nitrogens with zero attached hydrogens (tertiary/aromatic N) is 1. The maximum Gasteiger partial charge on any atom is 0.335 e. The zero-order valence-electron chi connectivity index (χ0n) is 21.5. The van der Waals surface area contributed by atoms with Crippen LogP contribution < -0.4 is 0 Å². The average Bonchev–Trinajstić information content (AvgIpc) is 3.27. The van der Waals surface area contributed by atoms with Gasteiger partial charge in [-0.3, -0.25) is 9.29 Å². The van der Waals surface area contributed by atoms with Crippen LogP contribution in [-0.4, -0.2) is 42.3 Å². The standard InChI is InChI=1S/C32H29Cl2F2NO2/c33-25-8-10-27(29(34)18-25)28-4-1-3-21-16-24(32(38)39)7-9-26(21)31(28)23-6-5-22(30(36)17-23)15-20-11-14-37(19-20)13-2-12-35/h5-10,15-18H,1-4,11-14,19H2,(H,38,39)/b20-15-. The molecule has 202 valence electrons. The Kier molecular flexibility index (Phi) is 8.51. The molecule has 0 radical (unpaired) electrons. The summed E-state index contributed by atoms with van der Waals surface area (Å²) in [6, 6.07) is 15.8. The number of hydrogen-bond acceptors (Lipinski definition) is 2. The van der Waals surface area contributed by atoms with Crippen LogP contribution in [0.3, 0.4) is 0 Å². The molecule has 3 nitrogen and oxygen atoms in total. The van der Waals surface area contributed by atoms with E-state index in [-0.39, 0.29) is 18.1 Å². The molecular formula is C32H29Cl2F2NO2. The molecule has 7 heteroatoms. The number of rotatable bonds is 7. The summed E-state index contributed by atoms with van der Waals surface area (Å²) in [5.74, 6) is -1.31. The van der Waals surface area contributed by atoms with Gasteiger partial charge in [-0.2, -0.15) is 0 Å². The number of alkyl halides is 1. The van der Waals surface area contributed by atoms with Gasteiger partial charge in [0.1, 0.15) is 5.82 Å². The van der Waals surface area contributed by atoms with Crippen molar-refractivity contribution in [1.29, 1.82) is 0 Å². The van der Waals surface area contributed by atoms with Crippen molar-refractivity contribution in [3.05, 3.63) is 109 Å². The van der Waals surface area contributed by atoms with Gasteiger partial charge in [-0.1, -0.05) is 59.1 Å². The van der Waals surface area contributed by atoms with Gasteiger partial charge in [-0.05, 0) is 95.8 Å². The van der Waals surface area contributed by atoms with Crippen molar-refractivity contribution in [3.63, 3.8) is 0 Å². The highest BCUT2D eigenvalue weighted by atomic mass is 35.5. The number of aryl methyl sites for hydroxylation is 1. The Balaban J connectivity index is 1.60. The number of carboxylic acids is 1. The van der Waals surface area contributed by atoms with Crippen LogP contribution in [0.4, 0.5) is 8.78 Å². The van der Waals surface area contributed by atoms with Crippen LogP contribution in [0, 0.1) is 5.82 Å². The molecule has 1 fully saturated rings. The first-order valence-electron chi connectivity index (χ1n) is 13.2. The fraction of sp³-hybridized carbons (Fsp3) is 0.281. The lowest BCUT2D eigenvalue weighted by Gasteiger charge is -2.18. The zero-order chi connectivity index (χ0) is 27.5. The highest BCUT2D eigenvalue weighted by molar-refractivity contribution is 6.36. The SMILES string of the molecule is O=C(O)c1ccc2c(c1)CCCC(c1ccc(Cl)cc1Cl)=C2c1ccc(/C=C2/CCN(CCCF)C2)c(F)c1. The van der Waals surface area contributed by atoms with Crippen molar-refractivity contribution < 1.29 is 18.7 Å². The topological polar surface area (TPSA) is 40.5 Å². The van der Waals surface area contributed by atoms with E-state index in [9.17, 15) is 14.3 Å². The maximum absolute atomic E-state index is 15.6. The lowest BCUT2D eigenvalue weighted by atomic mass is 9.87. The fourth-order valence-corrected chi connectivity index (χ4v) is 6.14. The van der Waals surface area contributed by atoms with Crippen molar-refractivity contribution in [1.82, 2.24) is 4.90 Å². The highest BCUT2D eigenvalue weighted by Crippen LogP contribution is 2.42. The monoisotopic (exact) mass is 567 g/mol. The first-order valence-corrected chi connectivity index (χ1v) is 13.9. The lowest BCUT2D eigenvalue weighted by molar-refractivity contribution is 0.0696. The van der Waals surface area contributed by atoms with Crippen LogP contribution in [0.2, 0.25) is 10.0 Å². The summed E-state index contributed by atoms with van der Waals surface area (Å²) in [7, 11) is 0. The molecule has 1 heterocycles. The highest BCUT2D eigenvalue weighted by Gasteiger charge is 2.24. The summed E-state index contributed by atoms with van der Waals surface area (Å²) in [5.41, 5.74) is 7.03. The number of hydrogen-bond donors (Lipinski definition) is 1. The predicted molar refractivity (Wildman–Crippen MR) is 155 cm³/mol. The lowest BCUT2D eigenvalue weighted by Crippen LogP contribution is -2.20. The number of halogens is 4. The summed E-state index contributed by atoms with van der Waals surface area (Å²) in [5, 5.41) is 10.6. The van der Waals surface area contributed by atoms with E-state index >= 15 is 4.39 Å². The van der Waals surface area contributed by atoms with E-state index in [0.29, 0.717) is 47.0 Å². The van der Waals surface area contributed by atoms with Crippen molar-refractivity contribution in [2.24, 2.45) is 0 Å². The third kappa shape index (κ3) is 6.11. The Hall–Kier alpha value is -2.99. The predicted octanol–water partition coefficient (Wildman–Crippen LogP) is 8.57. The summed E-state index contributed by atoms with van der Waals surface area (Å²) in [4.78, 5) is 13.9. The smallest absolute Gasteiger partial charge is 0.335 e.